The number of unbranched alkanes of at least 4 members (excludes halogenated alkanes) is 9. The lowest BCUT2D eigenvalue weighted by molar-refractivity contribution is -0.138. The minimum atomic E-state index is -1.14. The molecule has 0 bridgehead atoms. The monoisotopic (exact) mass is 284 g/mol. The number of aliphatic carboxylic acids is 1. The molecule has 0 fully saturated rings. The first-order valence-electron chi connectivity index (χ1n) is 7.74. The number of carboxylic acid groups (broad SMARTS) is 1. The fourth-order valence-electron chi connectivity index (χ4n) is 1.95. The predicted molar refractivity (Wildman–Crippen MR) is 79.6 cm³/mol. The highest BCUT2D eigenvalue weighted by atomic mass is 16.5. The Hall–Kier alpha value is -1.32. The van der Waals surface area contributed by atoms with Crippen LogP contribution in [0.3, 0.4) is 0 Å². The van der Waals surface area contributed by atoms with Gasteiger partial charge < -0.3 is 9.84 Å². The van der Waals surface area contributed by atoms with Gasteiger partial charge in [0, 0.05) is 12.2 Å². The second kappa shape index (κ2) is 14.1. The fourth-order valence-corrected chi connectivity index (χ4v) is 1.95. The van der Waals surface area contributed by atoms with Crippen molar-refractivity contribution >= 4 is 11.9 Å². The van der Waals surface area contributed by atoms with Gasteiger partial charge in [-0.15, -0.1) is 0 Å². The zero-order valence-electron chi connectivity index (χ0n) is 12.6. The number of esters is 1. The number of carboxylic acids is 1. The molecular formula is C16H28O4. The van der Waals surface area contributed by atoms with E-state index in [0.717, 1.165) is 25.0 Å². The summed E-state index contributed by atoms with van der Waals surface area (Å²) in [6.45, 7) is 2.60. The lowest BCUT2D eigenvalue weighted by Gasteiger charge is -2.03. The van der Waals surface area contributed by atoms with Crippen molar-refractivity contribution in [3.63, 3.8) is 0 Å². The largest absolute Gasteiger partial charge is 0.478 e. The third kappa shape index (κ3) is 14.7. The average Bonchev–Trinajstić information content (AvgIpc) is 2.42. The molecule has 0 unspecified atom stereocenters. The Morgan fingerprint density at radius 2 is 1.35 bits per heavy atom. The van der Waals surface area contributed by atoms with Crippen LogP contribution >= 0.6 is 0 Å². The summed E-state index contributed by atoms with van der Waals surface area (Å²) in [5.74, 6) is -1.72. The first-order chi connectivity index (χ1) is 9.66. The van der Waals surface area contributed by atoms with Gasteiger partial charge in [-0.3, -0.25) is 0 Å². The van der Waals surface area contributed by atoms with Crippen molar-refractivity contribution in [2.24, 2.45) is 0 Å². The Labute approximate surface area is 122 Å². The van der Waals surface area contributed by atoms with Gasteiger partial charge in [0.2, 0.25) is 0 Å². The van der Waals surface area contributed by atoms with Crippen LogP contribution in [0.1, 0.15) is 71.1 Å². The molecule has 0 aliphatic rings. The molecule has 4 nitrogen and oxygen atoms in total. The van der Waals surface area contributed by atoms with Crippen LogP contribution in [0.2, 0.25) is 0 Å². The van der Waals surface area contributed by atoms with E-state index in [1.807, 2.05) is 0 Å². The molecule has 0 aliphatic carbocycles. The zero-order valence-corrected chi connectivity index (χ0v) is 12.6. The Morgan fingerprint density at radius 3 is 1.85 bits per heavy atom. The minimum absolute atomic E-state index is 0.374. The van der Waals surface area contributed by atoms with Gasteiger partial charge >= 0.3 is 11.9 Å². The maximum absolute atomic E-state index is 11.0. The van der Waals surface area contributed by atoms with Crippen LogP contribution in [0.25, 0.3) is 0 Å². The maximum atomic E-state index is 11.0. The molecule has 0 aromatic heterocycles. The Bertz CT molecular complexity index is 284. The molecule has 0 aromatic rings. The van der Waals surface area contributed by atoms with E-state index in [4.69, 9.17) is 9.84 Å². The maximum Gasteiger partial charge on any atom is 0.331 e. The van der Waals surface area contributed by atoms with Gasteiger partial charge in [-0.1, -0.05) is 64.7 Å². The number of carbonyl (C=O) groups excluding carboxylic acids is 1. The molecule has 0 spiro atoms. The Kier molecular flexibility index (Phi) is 13.2. The summed E-state index contributed by atoms with van der Waals surface area (Å²) >= 11 is 0. The summed E-state index contributed by atoms with van der Waals surface area (Å²) in [6, 6.07) is 0. The van der Waals surface area contributed by atoms with Gasteiger partial charge in [-0.25, -0.2) is 9.59 Å². The molecule has 0 rings (SSSR count). The smallest absolute Gasteiger partial charge is 0.331 e. The number of rotatable bonds is 13. The van der Waals surface area contributed by atoms with E-state index in [9.17, 15) is 9.59 Å². The third-order valence-corrected chi connectivity index (χ3v) is 3.10. The molecule has 0 heterocycles. The summed E-state index contributed by atoms with van der Waals surface area (Å²) in [7, 11) is 0. The number of carbonyl (C=O) groups is 2. The lowest BCUT2D eigenvalue weighted by atomic mass is 10.1. The lowest BCUT2D eigenvalue weighted by Crippen LogP contribution is -2.03. The van der Waals surface area contributed by atoms with Crippen molar-refractivity contribution in [1.82, 2.24) is 0 Å². The van der Waals surface area contributed by atoms with Crippen LogP contribution in [-0.2, 0) is 14.3 Å². The number of ether oxygens (including phenoxy) is 1. The van der Waals surface area contributed by atoms with Gasteiger partial charge in [-0.05, 0) is 6.42 Å². The third-order valence-electron chi connectivity index (χ3n) is 3.10. The standard InChI is InChI=1S/C16H28O4/c1-2-3-4-5-6-7-8-9-10-11-14-20-16(19)13-12-15(17)18/h12-13H,2-11,14H2,1H3,(H,17,18)/b13-12-. The Balaban J connectivity index is 3.20. The summed E-state index contributed by atoms with van der Waals surface area (Å²) < 4.78 is 4.88. The molecule has 4 heteroatoms. The van der Waals surface area contributed by atoms with E-state index in [1.165, 1.54) is 51.4 Å². The molecule has 0 saturated carbocycles. The highest BCUT2D eigenvalue weighted by Crippen LogP contribution is 2.10. The molecule has 0 radical (unpaired) electrons. The second-order valence-corrected chi connectivity index (χ2v) is 5.02. The van der Waals surface area contributed by atoms with Gasteiger partial charge in [0.15, 0.2) is 0 Å². The van der Waals surface area contributed by atoms with Crippen molar-refractivity contribution in [2.45, 2.75) is 71.1 Å². The van der Waals surface area contributed by atoms with Gasteiger partial charge in [0.1, 0.15) is 0 Å². The van der Waals surface area contributed by atoms with Crippen LogP contribution in [0.15, 0.2) is 12.2 Å². The van der Waals surface area contributed by atoms with Crippen LogP contribution in [0.4, 0.5) is 0 Å². The van der Waals surface area contributed by atoms with E-state index >= 15 is 0 Å². The normalized spacial score (nSPS) is 10.8. The van der Waals surface area contributed by atoms with E-state index in [2.05, 4.69) is 6.92 Å². The fraction of sp³-hybridized carbons (Fsp3) is 0.750. The zero-order chi connectivity index (χ0) is 15.1. The Morgan fingerprint density at radius 1 is 0.850 bits per heavy atom. The van der Waals surface area contributed by atoms with Crippen molar-refractivity contribution in [3.8, 4) is 0 Å². The summed E-state index contributed by atoms with van der Waals surface area (Å²) in [5, 5.41) is 8.33. The predicted octanol–water partition coefficient (Wildman–Crippen LogP) is 4.09. The van der Waals surface area contributed by atoms with E-state index < -0.39 is 11.9 Å². The highest BCUT2D eigenvalue weighted by Gasteiger charge is 1.98. The topological polar surface area (TPSA) is 63.6 Å². The first kappa shape index (κ1) is 18.7. The average molecular weight is 284 g/mol. The van der Waals surface area contributed by atoms with Gasteiger partial charge in [0.25, 0.3) is 0 Å². The van der Waals surface area contributed by atoms with Crippen LogP contribution < -0.4 is 0 Å². The highest BCUT2D eigenvalue weighted by molar-refractivity contribution is 5.90. The SMILES string of the molecule is CCCCCCCCCCCCOC(=O)/C=C\C(=O)O. The molecule has 0 aromatic carbocycles. The van der Waals surface area contributed by atoms with Crippen LogP contribution in [-0.4, -0.2) is 23.7 Å². The molecular weight excluding hydrogens is 256 g/mol. The molecule has 20 heavy (non-hydrogen) atoms. The van der Waals surface area contributed by atoms with E-state index in [-0.39, 0.29) is 0 Å². The van der Waals surface area contributed by atoms with E-state index in [0.29, 0.717) is 6.61 Å². The number of hydrogen-bond donors (Lipinski definition) is 1. The second-order valence-electron chi connectivity index (χ2n) is 5.02. The molecule has 1 N–H and O–H groups in total. The van der Waals surface area contributed by atoms with E-state index in [1.54, 1.807) is 0 Å². The summed E-state index contributed by atoms with van der Waals surface area (Å²) in [5.41, 5.74) is 0. The molecule has 0 atom stereocenters. The molecule has 0 amide bonds. The van der Waals surface area contributed by atoms with Crippen molar-refractivity contribution in [2.75, 3.05) is 6.61 Å². The molecule has 116 valence electrons. The quantitative estimate of drug-likeness (QED) is 0.314. The first-order valence-corrected chi connectivity index (χ1v) is 7.74. The summed E-state index contributed by atoms with van der Waals surface area (Å²) in [4.78, 5) is 21.2. The summed E-state index contributed by atoms with van der Waals surface area (Å²) in [6.07, 6.45) is 14.0. The molecule has 0 aliphatic heterocycles. The van der Waals surface area contributed by atoms with Crippen LogP contribution in [0.5, 0.6) is 0 Å². The molecule has 0 saturated heterocycles. The minimum Gasteiger partial charge on any atom is -0.478 e. The van der Waals surface area contributed by atoms with Crippen LogP contribution in [0, 0.1) is 0 Å². The number of hydrogen-bond acceptors (Lipinski definition) is 3. The van der Waals surface area contributed by atoms with Crippen molar-refractivity contribution < 1.29 is 19.4 Å². The van der Waals surface area contributed by atoms with Crippen molar-refractivity contribution in [3.05, 3.63) is 12.2 Å². The van der Waals surface area contributed by atoms with Gasteiger partial charge in [0.05, 0.1) is 6.61 Å². The van der Waals surface area contributed by atoms with Crippen molar-refractivity contribution in [1.29, 1.82) is 0 Å². The van der Waals surface area contributed by atoms with Gasteiger partial charge in [-0.2, -0.15) is 0 Å².